The van der Waals surface area contributed by atoms with Gasteiger partial charge in [-0.15, -0.1) is 11.3 Å². The molecule has 3 aromatic heterocycles. The predicted octanol–water partition coefficient (Wildman–Crippen LogP) is 3.31. The summed E-state index contributed by atoms with van der Waals surface area (Å²) in [5.74, 6) is -0.908. The van der Waals surface area contributed by atoms with Crippen LogP contribution in [-0.2, 0) is 4.79 Å². The van der Waals surface area contributed by atoms with Crippen molar-refractivity contribution in [3.05, 3.63) is 64.7 Å². The van der Waals surface area contributed by atoms with Gasteiger partial charge in [0.2, 0.25) is 5.91 Å². The second kappa shape index (κ2) is 6.57. The Kier molecular flexibility index (Phi) is 4.10. The molecule has 4 rings (SSSR count). The summed E-state index contributed by atoms with van der Waals surface area (Å²) in [6, 6.07) is 9.98. The van der Waals surface area contributed by atoms with Gasteiger partial charge in [-0.3, -0.25) is 14.3 Å². The van der Waals surface area contributed by atoms with Crippen LogP contribution in [0.15, 0.2) is 63.4 Å². The number of para-hydroxylation sites is 2. The Morgan fingerprint density at radius 3 is 2.92 bits per heavy atom. The zero-order chi connectivity index (χ0) is 18.1. The van der Waals surface area contributed by atoms with Crippen LogP contribution in [0, 0.1) is 0 Å². The normalized spacial score (nSPS) is 12.2. The van der Waals surface area contributed by atoms with Gasteiger partial charge in [0.25, 0.3) is 0 Å². The van der Waals surface area contributed by atoms with Gasteiger partial charge in [0.05, 0.1) is 11.2 Å². The SMILES string of the molecule is CC(C(=O)Nc1nc(-c2cccnc2)cs1)n1c(=O)oc2ccccc21. The van der Waals surface area contributed by atoms with E-state index in [2.05, 4.69) is 15.3 Å². The van der Waals surface area contributed by atoms with Crippen molar-refractivity contribution in [3.63, 3.8) is 0 Å². The summed E-state index contributed by atoms with van der Waals surface area (Å²) in [6.45, 7) is 1.65. The molecule has 1 atom stereocenters. The molecule has 0 aliphatic heterocycles. The summed E-state index contributed by atoms with van der Waals surface area (Å²) >= 11 is 1.31. The number of carbonyl (C=O) groups is 1. The molecule has 0 saturated heterocycles. The monoisotopic (exact) mass is 366 g/mol. The molecule has 8 heteroatoms. The number of amides is 1. The Bertz CT molecular complexity index is 1130. The van der Waals surface area contributed by atoms with Crippen LogP contribution < -0.4 is 11.1 Å². The minimum absolute atomic E-state index is 0.342. The molecule has 1 amide bonds. The maximum atomic E-state index is 12.6. The van der Waals surface area contributed by atoms with Crippen LogP contribution in [0.5, 0.6) is 0 Å². The number of rotatable bonds is 4. The van der Waals surface area contributed by atoms with Crippen LogP contribution in [-0.4, -0.2) is 20.4 Å². The van der Waals surface area contributed by atoms with Crippen LogP contribution >= 0.6 is 11.3 Å². The summed E-state index contributed by atoms with van der Waals surface area (Å²) < 4.78 is 6.52. The molecule has 0 spiro atoms. The molecule has 7 nitrogen and oxygen atoms in total. The molecule has 3 heterocycles. The number of nitrogens with zero attached hydrogens (tertiary/aromatic N) is 3. The highest BCUT2D eigenvalue weighted by Gasteiger charge is 2.22. The number of benzene rings is 1. The molecule has 0 radical (unpaired) electrons. The standard InChI is InChI=1S/C18H14N4O3S/c1-11(22-14-6-2-3-7-15(14)25-18(22)24)16(23)21-17-20-13(10-26-17)12-5-4-8-19-9-12/h2-11H,1H3,(H,20,21,23). The first-order valence-corrected chi connectivity index (χ1v) is 8.78. The molecule has 0 aliphatic rings. The van der Waals surface area contributed by atoms with Crippen LogP contribution in [0.25, 0.3) is 22.4 Å². The van der Waals surface area contributed by atoms with Crippen molar-refractivity contribution in [2.24, 2.45) is 0 Å². The molecule has 1 N–H and O–H groups in total. The van der Waals surface area contributed by atoms with E-state index < -0.39 is 11.8 Å². The number of hydrogen-bond acceptors (Lipinski definition) is 6. The van der Waals surface area contributed by atoms with Crippen LogP contribution in [0.2, 0.25) is 0 Å². The highest BCUT2D eigenvalue weighted by atomic mass is 32.1. The molecule has 1 unspecified atom stereocenters. The zero-order valence-corrected chi connectivity index (χ0v) is 14.6. The predicted molar refractivity (Wildman–Crippen MR) is 99.2 cm³/mol. The number of fused-ring (bicyclic) bond motifs is 1. The van der Waals surface area contributed by atoms with Gasteiger partial charge in [-0.05, 0) is 31.2 Å². The first kappa shape index (κ1) is 16.2. The lowest BCUT2D eigenvalue weighted by atomic mass is 10.2. The lowest BCUT2D eigenvalue weighted by Crippen LogP contribution is -2.29. The maximum Gasteiger partial charge on any atom is 0.420 e. The maximum absolute atomic E-state index is 12.6. The molecule has 26 heavy (non-hydrogen) atoms. The molecular formula is C18H14N4O3S. The molecule has 4 aromatic rings. The summed E-state index contributed by atoms with van der Waals surface area (Å²) in [5.41, 5.74) is 2.63. The van der Waals surface area contributed by atoms with Gasteiger partial charge < -0.3 is 9.73 Å². The Morgan fingerprint density at radius 1 is 1.27 bits per heavy atom. The van der Waals surface area contributed by atoms with Crippen LogP contribution in [0.1, 0.15) is 13.0 Å². The fourth-order valence-electron chi connectivity index (χ4n) is 2.66. The third-order valence-electron chi connectivity index (χ3n) is 3.98. The van der Waals surface area contributed by atoms with Gasteiger partial charge in [0.1, 0.15) is 6.04 Å². The average molecular weight is 366 g/mol. The van der Waals surface area contributed by atoms with E-state index in [4.69, 9.17) is 4.42 Å². The lowest BCUT2D eigenvalue weighted by Gasteiger charge is -2.11. The fourth-order valence-corrected chi connectivity index (χ4v) is 3.38. The number of oxazole rings is 1. The van der Waals surface area contributed by atoms with Crippen LogP contribution in [0.3, 0.4) is 0 Å². The average Bonchev–Trinajstić information content (AvgIpc) is 3.25. The third-order valence-corrected chi connectivity index (χ3v) is 4.73. The molecule has 0 bridgehead atoms. The number of pyridine rings is 1. The number of carbonyl (C=O) groups excluding carboxylic acids is 1. The number of nitrogens with one attached hydrogen (secondary N) is 1. The smallest absolute Gasteiger partial charge is 0.408 e. The van der Waals surface area contributed by atoms with Gasteiger partial charge >= 0.3 is 5.76 Å². The van der Waals surface area contributed by atoms with Gasteiger partial charge in [-0.25, -0.2) is 9.78 Å². The van der Waals surface area contributed by atoms with Crippen molar-refractivity contribution in [1.82, 2.24) is 14.5 Å². The van der Waals surface area contributed by atoms with E-state index in [0.717, 1.165) is 11.3 Å². The molecule has 130 valence electrons. The van der Waals surface area contributed by atoms with E-state index in [9.17, 15) is 9.59 Å². The summed E-state index contributed by atoms with van der Waals surface area (Å²) in [6.07, 6.45) is 3.40. The summed E-state index contributed by atoms with van der Waals surface area (Å²) in [5, 5.41) is 5.06. The molecule has 0 fully saturated rings. The van der Waals surface area contributed by atoms with E-state index in [0.29, 0.717) is 16.2 Å². The Balaban J connectivity index is 1.57. The third kappa shape index (κ3) is 2.91. The summed E-state index contributed by atoms with van der Waals surface area (Å²) in [7, 11) is 0. The topological polar surface area (TPSA) is 90.0 Å². The molecule has 0 saturated carbocycles. The lowest BCUT2D eigenvalue weighted by molar-refractivity contribution is -0.118. The quantitative estimate of drug-likeness (QED) is 0.598. The fraction of sp³-hybridized carbons (Fsp3) is 0.111. The van der Waals surface area contributed by atoms with Crippen molar-refractivity contribution in [2.75, 3.05) is 5.32 Å². The number of thiazole rings is 1. The Labute approximate surface area is 151 Å². The highest BCUT2D eigenvalue weighted by Crippen LogP contribution is 2.25. The number of aromatic nitrogens is 3. The number of anilines is 1. The van der Waals surface area contributed by atoms with Crippen LogP contribution in [0.4, 0.5) is 5.13 Å². The van der Waals surface area contributed by atoms with E-state index in [-0.39, 0.29) is 5.91 Å². The highest BCUT2D eigenvalue weighted by molar-refractivity contribution is 7.14. The van der Waals surface area contributed by atoms with Gasteiger partial charge in [0.15, 0.2) is 10.7 Å². The second-order valence-corrected chi connectivity index (χ2v) is 6.51. The molecule has 1 aromatic carbocycles. The Hall–Kier alpha value is -3.26. The van der Waals surface area contributed by atoms with Gasteiger partial charge in [0, 0.05) is 23.3 Å². The van der Waals surface area contributed by atoms with E-state index in [1.807, 2.05) is 17.5 Å². The number of hydrogen-bond donors (Lipinski definition) is 1. The van der Waals surface area contributed by atoms with Crippen molar-refractivity contribution in [2.45, 2.75) is 13.0 Å². The largest absolute Gasteiger partial charge is 0.420 e. The minimum atomic E-state index is -0.739. The molecular weight excluding hydrogens is 352 g/mol. The van der Waals surface area contributed by atoms with E-state index in [1.54, 1.807) is 43.6 Å². The van der Waals surface area contributed by atoms with Crippen molar-refractivity contribution in [3.8, 4) is 11.3 Å². The summed E-state index contributed by atoms with van der Waals surface area (Å²) in [4.78, 5) is 33.2. The Morgan fingerprint density at radius 2 is 2.12 bits per heavy atom. The second-order valence-electron chi connectivity index (χ2n) is 5.65. The van der Waals surface area contributed by atoms with E-state index >= 15 is 0 Å². The van der Waals surface area contributed by atoms with Crippen molar-refractivity contribution < 1.29 is 9.21 Å². The van der Waals surface area contributed by atoms with E-state index in [1.165, 1.54) is 15.9 Å². The van der Waals surface area contributed by atoms with Crippen molar-refractivity contribution in [1.29, 1.82) is 0 Å². The first-order valence-electron chi connectivity index (χ1n) is 7.90. The zero-order valence-electron chi connectivity index (χ0n) is 13.7. The van der Waals surface area contributed by atoms with Gasteiger partial charge in [-0.1, -0.05) is 12.1 Å². The molecule has 0 aliphatic carbocycles. The van der Waals surface area contributed by atoms with Gasteiger partial charge in [-0.2, -0.15) is 0 Å². The minimum Gasteiger partial charge on any atom is -0.408 e. The van der Waals surface area contributed by atoms with Crippen molar-refractivity contribution >= 4 is 33.5 Å². The first-order chi connectivity index (χ1) is 12.6.